The van der Waals surface area contributed by atoms with Crippen LogP contribution in [0.25, 0.3) is 0 Å². The predicted molar refractivity (Wildman–Crippen MR) is 62.7 cm³/mol. The topological polar surface area (TPSA) is 49.3 Å². The SMILES string of the molecule is O=C(O)c1c(F)cccc1NC1CCSC1. The van der Waals surface area contributed by atoms with Crippen molar-refractivity contribution < 1.29 is 14.3 Å². The van der Waals surface area contributed by atoms with Crippen LogP contribution >= 0.6 is 11.8 Å². The van der Waals surface area contributed by atoms with Gasteiger partial charge < -0.3 is 10.4 Å². The van der Waals surface area contributed by atoms with Crippen LogP contribution in [-0.2, 0) is 0 Å². The lowest BCUT2D eigenvalue weighted by atomic mass is 10.1. The van der Waals surface area contributed by atoms with Crippen molar-refractivity contribution >= 4 is 23.4 Å². The monoisotopic (exact) mass is 241 g/mol. The molecule has 1 unspecified atom stereocenters. The van der Waals surface area contributed by atoms with Crippen LogP contribution < -0.4 is 5.32 Å². The molecule has 1 aromatic rings. The van der Waals surface area contributed by atoms with E-state index < -0.39 is 11.8 Å². The van der Waals surface area contributed by atoms with Gasteiger partial charge in [0.15, 0.2) is 0 Å². The van der Waals surface area contributed by atoms with Crippen molar-refractivity contribution in [1.82, 2.24) is 0 Å². The number of thioether (sulfide) groups is 1. The zero-order valence-electron chi connectivity index (χ0n) is 8.57. The summed E-state index contributed by atoms with van der Waals surface area (Å²) >= 11 is 1.82. The van der Waals surface area contributed by atoms with Crippen molar-refractivity contribution in [3.63, 3.8) is 0 Å². The van der Waals surface area contributed by atoms with Crippen molar-refractivity contribution in [3.8, 4) is 0 Å². The second kappa shape index (κ2) is 4.74. The Morgan fingerprint density at radius 3 is 3.00 bits per heavy atom. The molecule has 5 heteroatoms. The van der Waals surface area contributed by atoms with Crippen LogP contribution in [0.1, 0.15) is 16.8 Å². The normalized spacial score (nSPS) is 19.7. The molecule has 0 radical (unpaired) electrons. The Labute approximate surface area is 97.0 Å². The van der Waals surface area contributed by atoms with E-state index in [1.54, 1.807) is 6.07 Å². The second-order valence-corrected chi connectivity index (χ2v) is 4.82. The van der Waals surface area contributed by atoms with Gasteiger partial charge in [-0.2, -0.15) is 11.8 Å². The molecule has 0 spiro atoms. The summed E-state index contributed by atoms with van der Waals surface area (Å²) in [6.07, 6.45) is 0.986. The highest BCUT2D eigenvalue weighted by molar-refractivity contribution is 7.99. The van der Waals surface area contributed by atoms with Crippen LogP contribution in [0, 0.1) is 5.82 Å². The second-order valence-electron chi connectivity index (χ2n) is 3.67. The lowest BCUT2D eigenvalue weighted by Gasteiger charge is -2.15. The number of carboxylic acids is 1. The molecule has 2 N–H and O–H groups in total. The third-order valence-electron chi connectivity index (χ3n) is 2.52. The molecule has 2 rings (SSSR count). The first-order valence-corrected chi connectivity index (χ1v) is 6.20. The number of hydrogen-bond donors (Lipinski definition) is 2. The lowest BCUT2D eigenvalue weighted by molar-refractivity contribution is 0.0693. The minimum absolute atomic E-state index is 0.241. The Bertz CT molecular complexity index is 405. The number of benzene rings is 1. The first-order chi connectivity index (χ1) is 7.68. The molecule has 1 atom stereocenters. The molecular formula is C11H12FNO2S. The van der Waals surface area contributed by atoms with Gasteiger partial charge in [-0.05, 0) is 24.3 Å². The highest BCUT2D eigenvalue weighted by Crippen LogP contribution is 2.25. The summed E-state index contributed by atoms with van der Waals surface area (Å²) in [7, 11) is 0. The summed E-state index contributed by atoms with van der Waals surface area (Å²) in [5, 5.41) is 12.0. The number of nitrogens with one attached hydrogen (secondary N) is 1. The first-order valence-electron chi connectivity index (χ1n) is 5.04. The highest BCUT2D eigenvalue weighted by atomic mass is 32.2. The van der Waals surface area contributed by atoms with Crippen LogP contribution in [0.15, 0.2) is 18.2 Å². The highest BCUT2D eigenvalue weighted by Gasteiger charge is 2.20. The number of hydrogen-bond acceptors (Lipinski definition) is 3. The van der Waals surface area contributed by atoms with Crippen molar-refractivity contribution in [1.29, 1.82) is 0 Å². The van der Waals surface area contributed by atoms with Gasteiger partial charge in [-0.3, -0.25) is 0 Å². The maximum absolute atomic E-state index is 13.3. The maximum atomic E-state index is 13.3. The quantitative estimate of drug-likeness (QED) is 0.853. The van der Waals surface area contributed by atoms with Crippen molar-refractivity contribution in [3.05, 3.63) is 29.6 Å². The first kappa shape index (κ1) is 11.3. The number of carbonyl (C=O) groups is 1. The Balaban J connectivity index is 2.25. The fraction of sp³-hybridized carbons (Fsp3) is 0.364. The molecule has 0 amide bonds. The third-order valence-corrected chi connectivity index (χ3v) is 3.68. The summed E-state index contributed by atoms with van der Waals surface area (Å²) in [4.78, 5) is 10.9. The lowest BCUT2D eigenvalue weighted by Crippen LogP contribution is -2.20. The summed E-state index contributed by atoms with van der Waals surface area (Å²) in [6, 6.07) is 4.53. The van der Waals surface area contributed by atoms with E-state index in [1.165, 1.54) is 6.07 Å². The Kier molecular flexibility index (Phi) is 3.33. The molecular weight excluding hydrogens is 229 g/mol. The van der Waals surface area contributed by atoms with Gasteiger partial charge >= 0.3 is 5.97 Å². The molecule has 1 aliphatic heterocycles. The molecule has 0 bridgehead atoms. The Morgan fingerprint density at radius 1 is 1.56 bits per heavy atom. The van der Waals surface area contributed by atoms with E-state index in [1.807, 2.05) is 11.8 Å². The standard InChI is InChI=1S/C11H12FNO2S/c12-8-2-1-3-9(10(8)11(14)15)13-7-4-5-16-6-7/h1-3,7,13H,4-6H2,(H,14,15). The average Bonchev–Trinajstić information content (AvgIpc) is 2.70. The van der Waals surface area contributed by atoms with E-state index in [-0.39, 0.29) is 11.6 Å². The number of halogens is 1. The number of aromatic carboxylic acids is 1. The van der Waals surface area contributed by atoms with Crippen LogP contribution in [0.5, 0.6) is 0 Å². The molecule has 1 saturated heterocycles. The van der Waals surface area contributed by atoms with E-state index in [9.17, 15) is 9.18 Å². The minimum Gasteiger partial charge on any atom is -0.478 e. The van der Waals surface area contributed by atoms with E-state index in [0.717, 1.165) is 24.0 Å². The van der Waals surface area contributed by atoms with Crippen molar-refractivity contribution in [2.45, 2.75) is 12.5 Å². The zero-order valence-corrected chi connectivity index (χ0v) is 9.39. The molecule has 1 aliphatic rings. The zero-order chi connectivity index (χ0) is 11.5. The van der Waals surface area contributed by atoms with Crippen molar-refractivity contribution in [2.24, 2.45) is 0 Å². The van der Waals surface area contributed by atoms with Gasteiger partial charge in [0, 0.05) is 11.8 Å². The summed E-state index contributed by atoms with van der Waals surface area (Å²) in [5.41, 5.74) is 0.111. The van der Waals surface area contributed by atoms with Gasteiger partial charge in [-0.25, -0.2) is 9.18 Å². The van der Waals surface area contributed by atoms with Gasteiger partial charge in [0.2, 0.25) is 0 Å². The fourth-order valence-corrected chi connectivity index (χ4v) is 2.88. The number of carboxylic acid groups (broad SMARTS) is 1. The molecule has 1 heterocycles. The van der Waals surface area contributed by atoms with Gasteiger partial charge in [0.1, 0.15) is 11.4 Å². The molecule has 86 valence electrons. The van der Waals surface area contributed by atoms with Gasteiger partial charge in [0.05, 0.1) is 5.69 Å². The van der Waals surface area contributed by atoms with Gasteiger partial charge in [-0.1, -0.05) is 6.07 Å². The molecule has 0 aliphatic carbocycles. The third kappa shape index (κ3) is 2.29. The van der Waals surface area contributed by atoms with Crippen LogP contribution in [0.2, 0.25) is 0 Å². The molecule has 3 nitrogen and oxygen atoms in total. The predicted octanol–water partition coefficient (Wildman–Crippen LogP) is 2.44. The van der Waals surface area contributed by atoms with E-state index >= 15 is 0 Å². The van der Waals surface area contributed by atoms with E-state index in [2.05, 4.69) is 5.32 Å². The molecule has 1 aromatic carbocycles. The largest absolute Gasteiger partial charge is 0.478 e. The molecule has 16 heavy (non-hydrogen) atoms. The van der Waals surface area contributed by atoms with E-state index in [0.29, 0.717) is 5.69 Å². The van der Waals surface area contributed by atoms with E-state index in [4.69, 9.17) is 5.11 Å². The Morgan fingerprint density at radius 2 is 2.38 bits per heavy atom. The van der Waals surface area contributed by atoms with Crippen LogP contribution in [0.3, 0.4) is 0 Å². The van der Waals surface area contributed by atoms with Crippen LogP contribution in [-0.4, -0.2) is 28.6 Å². The fourth-order valence-electron chi connectivity index (χ4n) is 1.73. The summed E-state index contributed by atoms with van der Waals surface area (Å²) in [6.45, 7) is 0. The minimum atomic E-state index is -1.23. The van der Waals surface area contributed by atoms with Gasteiger partial charge in [-0.15, -0.1) is 0 Å². The molecule has 1 fully saturated rings. The maximum Gasteiger partial charge on any atom is 0.340 e. The number of rotatable bonds is 3. The Hall–Kier alpha value is -1.23. The summed E-state index contributed by atoms with van der Waals surface area (Å²) < 4.78 is 13.3. The average molecular weight is 241 g/mol. The van der Waals surface area contributed by atoms with Crippen molar-refractivity contribution in [2.75, 3.05) is 16.8 Å². The van der Waals surface area contributed by atoms with Gasteiger partial charge in [0.25, 0.3) is 0 Å². The van der Waals surface area contributed by atoms with Crippen LogP contribution in [0.4, 0.5) is 10.1 Å². The molecule has 0 aromatic heterocycles. The number of anilines is 1. The smallest absolute Gasteiger partial charge is 0.340 e. The molecule has 0 saturated carbocycles. The summed E-state index contributed by atoms with van der Waals surface area (Å²) in [5.74, 6) is 0.0831.